The van der Waals surface area contributed by atoms with Gasteiger partial charge < -0.3 is 9.11 Å². The third-order valence-corrected chi connectivity index (χ3v) is 0. The average Bonchev–Trinajstić information content (AvgIpc) is 0.811. The molecule has 36 valence electrons. The Labute approximate surface area is 48.9 Å². The summed E-state index contributed by atoms with van der Waals surface area (Å²) in [5, 5.41) is 0. The van der Waals surface area contributed by atoms with Gasteiger partial charge in [-0.05, 0) is 0 Å². The van der Waals surface area contributed by atoms with E-state index in [1.54, 1.807) is 0 Å². The standard InChI is InChI=1S/Au.H2O3S/c;1-4(2)3/h;(H2,1,2,3)/q+1;/p-1. The largest absolute Gasteiger partial charge is 1.00 e. The number of rotatable bonds is 0. The van der Waals surface area contributed by atoms with E-state index >= 15 is 0 Å². The van der Waals surface area contributed by atoms with Gasteiger partial charge in [0.05, 0.1) is 0 Å². The maximum atomic E-state index is 8.44. The molecular formula is HAuO3S. The van der Waals surface area contributed by atoms with Crippen LogP contribution in [0.3, 0.4) is 0 Å². The molecule has 0 unspecified atom stereocenters. The molecule has 0 saturated carbocycles. The van der Waals surface area contributed by atoms with Crippen LogP contribution in [0.5, 0.6) is 0 Å². The fourth-order valence-electron chi connectivity index (χ4n) is 0. The van der Waals surface area contributed by atoms with Crippen molar-refractivity contribution in [3.63, 3.8) is 0 Å². The van der Waals surface area contributed by atoms with Crippen molar-refractivity contribution in [3.8, 4) is 0 Å². The molecule has 0 bridgehead atoms. The van der Waals surface area contributed by atoms with Gasteiger partial charge in [0.15, 0.2) is 0 Å². The summed E-state index contributed by atoms with van der Waals surface area (Å²) in [6.07, 6.45) is 0. The smallest absolute Gasteiger partial charge is 0.784 e. The molecule has 0 aliphatic carbocycles. The van der Waals surface area contributed by atoms with Crippen molar-refractivity contribution >= 4 is 11.4 Å². The molecule has 0 spiro atoms. The van der Waals surface area contributed by atoms with E-state index in [1.165, 1.54) is 0 Å². The molecule has 0 aliphatic heterocycles. The predicted molar refractivity (Wildman–Crippen MR) is 10.8 cm³/mol. The van der Waals surface area contributed by atoms with Gasteiger partial charge in [-0.15, -0.1) is 11.4 Å². The van der Waals surface area contributed by atoms with Crippen molar-refractivity contribution in [3.05, 3.63) is 0 Å². The van der Waals surface area contributed by atoms with E-state index < -0.39 is 11.4 Å². The molecule has 3 nitrogen and oxygen atoms in total. The molecule has 0 amide bonds. The molecule has 5 heteroatoms. The average molecular weight is 278 g/mol. The van der Waals surface area contributed by atoms with Crippen LogP contribution in [0.1, 0.15) is 1.43 Å². The zero-order valence-electron chi connectivity index (χ0n) is 2.93. The number of hydrogen-bond acceptors (Lipinski definition) is 3. The monoisotopic (exact) mass is 278 g/mol. The predicted octanol–water partition coefficient (Wildman–Crippen LogP) is -0.894. The van der Waals surface area contributed by atoms with Gasteiger partial charge in [0, 0.05) is 0 Å². The topological polar surface area (TPSA) is 63.2 Å². The van der Waals surface area contributed by atoms with Crippen LogP contribution in [-0.4, -0.2) is 13.3 Å². The van der Waals surface area contributed by atoms with Crippen molar-refractivity contribution < 1.29 is 37.1 Å². The third kappa shape index (κ3) is 57.9. The van der Waals surface area contributed by atoms with Gasteiger partial charge in [-0.3, -0.25) is 4.21 Å². The Morgan fingerprint density at radius 1 is 1.60 bits per heavy atom. The molecule has 0 aliphatic rings. The molecule has 0 N–H and O–H groups in total. The Bertz CT molecular complexity index is 33.8. The summed E-state index contributed by atoms with van der Waals surface area (Å²) in [5.41, 5.74) is 0. The molecule has 0 heterocycles. The van der Waals surface area contributed by atoms with E-state index in [2.05, 4.69) is 0 Å². The minimum absolute atomic E-state index is 0. The maximum absolute atomic E-state index is 8.44. The van der Waals surface area contributed by atoms with Gasteiger partial charge in [-0.1, -0.05) is 0 Å². The number of hydrogen-bond donors (Lipinski definition) is 0. The Balaban J connectivity index is -0.0000000450. The third-order valence-electron chi connectivity index (χ3n) is 0. The summed E-state index contributed by atoms with van der Waals surface area (Å²) in [7, 11) is 0. The molecule has 0 aromatic carbocycles. The summed E-state index contributed by atoms with van der Waals surface area (Å²) < 4.78 is 25.3. The first-order valence-electron chi connectivity index (χ1n) is 0.500. The molecular weight excluding hydrogens is 277 g/mol. The summed E-state index contributed by atoms with van der Waals surface area (Å²) in [5.74, 6) is 0. The van der Waals surface area contributed by atoms with Crippen LogP contribution >= 0.6 is 0 Å². The Hall–Kier alpha value is 0.810. The summed E-state index contributed by atoms with van der Waals surface area (Å²) in [6, 6.07) is 0. The molecule has 0 rings (SSSR count). The van der Waals surface area contributed by atoms with Crippen molar-refractivity contribution in [2.24, 2.45) is 0 Å². The normalized spacial score (nSPS) is 7.00. The summed E-state index contributed by atoms with van der Waals surface area (Å²) in [4.78, 5) is 0. The minimum atomic E-state index is -3.11. The molecule has 0 saturated heterocycles. The second kappa shape index (κ2) is 4.81. The SMILES string of the molecule is O=S([O-])[O-].[Au+].[H+]. The molecule has 0 fully saturated rings. The van der Waals surface area contributed by atoms with E-state index in [9.17, 15) is 0 Å². The molecule has 0 radical (unpaired) electrons. The van der Waals surface area contributed by atoms with Crippen LogP contribution in [0, 0.1) is 0 Å². The zero-order chi connectivity index (χ0) is 3.58. The second-order valence-corrected chi connectivity index (χ2v) is 0.612. The van der Waals surface area contributed by atoms with Crippen LogP contribution in [-0.2, 0) is 33.7 Å². The van der Waals surface area contributed by atoms with Gasteiger partial charge in [0.2, 0.25) is 0 Å². The van der Waals surface area contributed by atoms with Gasteiger partial charge in [-0.25, -0.2) is 0 Å². The Kier molecular flexibility index (Phi) is 8.91. The van der Waals surface area contributed by atoms with Crippen molar-refractivity contribution in [1.82, 2.24) is 0 Å². The van der Waals surface area contributed by atoms with E-state index in [1.807, 2.05) is 0 Å². The van der Waals surface area contributed by atoms with E-state index in [-0.39, 0.29) is 23.8 Å². The van der Waals surface area contributed by atoms with Crippen LogP contribution in [0.4, 0.5) is 0 Å². The fraction of sp³-hybridized carbons (Fsp3) is 0. The van der Waals surface area contributed by atoms with Crippen molar-refractivity contribution in [2.45, 2.75) is 0 Å². The van der Waals surface area contributed by atoms with E-state index in [0.29, 0.717) is 0 Å². The molecule has 0 aromatic heterocycles. The van der Waals surface area contributed by atoms with Crippen LogP contribution in [0.15, 0.2) is 0 Å². The summed E-state index contributed by atoms with van der Waals surface area (Å²) >= 11 is -3.11. The zero-order valence-corrected chi connectivity index (χ0v) is 4.92. The van der Waals surface area contributed by atoms with Gasteiger partial charge >= 0.3 is 23.8 Å². The Morgan fingerprint density at radius 3 is 1.60 bits per heavy atom. The minimum Gasteiger partial charge on any atom is -0.784 e. The van der Waals surface area contributed by atoms with Crippen LogP contribution < -0.4 is 0 Å². The van der Waals surface area contributed by atoms with Crippen molar-refractivity contribution in [2.75, 3.05) is 0 Å². The van der Waals surface area contributed by atoms with Gasteiger partial charge in [0.25, 0.3) is 0 Å². The first-order valence-corrected chi connectivity index (χ1v) is 1.50. The fourth-order valence-corrected chi connectivity index (χ4v) is 0. The van der Waals surface area contributed by atoms with E-state index in [4.69, 9.17) is 13.3 Å². The van der Waals surface area contributed by atoms with Gasteiger partial charge in [0.1, 0.15) is 0 Å². The molecule has 0 aromatic rings. The van der Waals surface area contributed by atoms with Crippen LogP contribution in [0.2, 0.25) is 0 Å². The Morgan fingerprint density at radius 2 is 1.60 bits per heavy atom. The van der Waals surface area contributed by atoms with Crippen LogP contribution in [0.25, 0.3) is 0 Å². The molecule has 0 atom stereocenters. The van der Waals surface area contributed by atoms with E-state index in [0.717, 1.165) is 0 Å². The summed E-state index contributed by atoms with van der Waals surface area (Å²) in [6.45, 7) is 0. The first kappa shape index (κ1) is 9.26. The first-order chi connectivity index (χ1) is 1.73. The second-order valence-electron chi connectivity index (χ2n) is 0.204. The molecule has 5 heavy (non-hydrogen) atoms. The maximum Gasteiger partial charge on any atom is 1.00 e. The van der Waals surface area contributed by atoms with Gasteiger partial charge in [-0.2, -0.15) is 0 Å². The quantitative estimate of drug-likeness (QED) is 0.426. The van der Waals surface area contributed by atoms with Crippen molar-refractivity contribution in [1.29, 1.82) is 0 Å².